The van der Waals surface area contributed by atoms with Crippen molar-refractivity contribution in [3.8, 4) is 0 Å². The van der Waals surface area contributed by atoms with Crippen molar-refractivity contribution in [3.05, 3.63) is 30.0 Å². The Morgan fingerprint density at radius 1 is 1.38 bits per heavy atom. The van der Waals surface area contributed by atoms with Gasteiger partial charge >= 0.3 is 0 Å². The molecule has 1 aliphatic heterocycles. The van der Waals surface area contributed by atoms with Crippen molar-refractivity contribution < 1.29 is 9.21 Å². The van der Waals surface area contributed by atoms with E-state index in [2.05, 4.69) is 31.4 Å². The standard InChI is InChI=1S/C16H23N5O2S/c1-2-14-18-16(24-19-14)21-7-4-6-20(8-9-21)12-15(22)17-11-13-5-3-10-23-13/h3,5,10H,2,4,6-9,11-12H2,1H3,(H,17,22). The van der Waals surface area contributed by atoms with Crippen LogP contribution in [0.1, 0.15) is 24.9 Å². The second kappa shape index (κ2) is 8.25. The van der Waals surface area contributed by atoms with Gasteiger partial charge in [0.2, 0.25) is 11.0 Å². The van der Waals surface area contributed by atoms with Gasteiger partial charge in [-0.15, -0.1) is 0 Å². The highest BCUT2D eigenvalue weighted by molar-refractivity contribution is 7.09. The number of hydrogen-bond acceptors (Lipinski definition) is 7. The highest BCUT2D eigenvalue weighted by Gasteiger charge is 2.19. The van der Waals surface area contributed by atoms with Crippen LogP contribution in [0.2, 0.25) is 0 Å². The zero-order valence-electron chi connectivity index (χ0n) is 13.9. The summed E-state index contributed by atoms with van der Waals surface area (Å²) in [7, 11) is 0. The fourth-order valence-electron chi connectivity index (χ4n) is 2.69. The number of aryl methyl sites for hydroxylation is 1. The fraction of sp³-hybridized carbons (Fsp3) is 0.562. The summed E-state index contributed by atoms with van der Waals surface area (Å²) in [6.45, 7) is 6.55. The van der Waals surface area contributed by atoms with Crippen molar-refractivity contribution in [1.82, 2.24) is 19.6 Å². The van der Waals surface area contributed by atoms with E-state index in [9.17, 15) is 4.79 Å². The number of carbonyl (C=O) groups is 1. The van der Waals surface area contributed by atoms with Gasteiger partial charge in [0.15, 0.2) is 0 Å². The normalized spacial score (nSPS) is 16.1. The van der Waals surface area contributed by atoms with Crippen LogP contribution in [0.25, 0.3) is 0 Å². The molecule has 8 heteroatoms. The minimum absolute atomic E-state index is 0.0315. The Morgan fingerprint density at radius 3 is 3.04 bits per heavy atom. The van der Waals surface area contributed by atoms with Crippen LogP contribution in [0.4, 0.5) is 5.13 Å². The molecule has 3 rings (SSSR count). The summed E-state index contributed by atoms with van der Waals surface area (Å²) >= 11 is 1.47. The van der Waals surface area contributed by atoms with E-state index in [-0.39, 0.29) is 5.91 Å². The molecule has 0 unspecified atom stereocenters. The summed E-state index contributed by atoms with van der Waals surface area (Å²) in [6.07, 6.45) is 3.50. The highest BCUT2D eigenvalue weighted by Crippen LogP contribution is 2.19. The summed E-state index contributed by atoms with van der Waals surface area (Å²) in [4.78, 5) is 21.1. The summed E-state index contributed by atoms with van der Waals surface area (Å²) in [5.41, 5.74) is 0. The highest BCUT2D eigenvalue weighted by atomic mass is 32.1. The van der Waals surface area contributed by atoms with E-state index in [1.165, 1.54) is 11.5 Å². The van der Waals surface area contributed by atoms with Gasteiger partial charge in [0.25, 0.3) is 0 Å². The number of rotatable bonds is 6. The Hall–Kier alpha value is -1.93. The quantitative estimate of drug-likeness (QED) is 0.852. The van der Waals surface area contributed by atoms with E-state index in [4.69, 9.17) is 4.42 Å². The Morgan fingerprint density at radius 2 is 2.29 bits per heavy atom. The number of nitrogens with zero attached hydrogens (tertiary/aromatic N) is 4. The lowest BCUT2D eigenvalue weighted by Gasteiger charge is -2.20. The molecule has 0 spiro atoms. The predicted octanol–water partition coefficient (Wildman–Crippen LogP) is 1.52. The largest absolute Gasteiger partial charge is 0.467 e. The third-order valence-electron chi connectivity index (χ3n) is 4.04. The lowest BCUT2D eigenvalue weighted by Crippen LogP contribution is -2.39. The van der Waals surface area contributed by atoms with Gasteiger partial charge in [0.1, 0.15) is 11.6 Å². The third kappa shape index (κ3) is 4.55. The molecule has 2 aromatic heterocycles. The number of aromatic nitrogens is 2. The molecule has 0 aliphatic carbocycles. The first-order valence-electron chi connectivity index (χ1n) is 8.33. The lowest BCUT2D eigenvalue weighted by molar-refractivity contribution is -0.122. The molecule has 0 aromatic carbocycles. The molecule has 0 bridgehead atoms. The van der Waals surface area contributed by atoms with Gasteiger partial charge in [-0.05, 0) is 18.6 Å². The van der Waals surface area contributed by atoms with Crippen LogP contribution in [-0.4, -0.2) is 52.9 Å². The maximum absolute atomic E-state index is 12.1. The van der Waals surface area contributed by atoms with E-state index >= 15 is 0 Å². The van der Waals surface area contributed by atoms with Crippen LogP contribution < -0.4 is 10.2 Å². The zero-order valence-corrected chi connectivity index (χ0v) is 14.7. The van der Waals surface area contributed by atoms with E-state index < -0.39 is 0 Å². The van der Waals surface area contributed by atoms with Crippen LogP contribution in [0.5, 0.6) is 0 Å². The van der Waals surface area contributed by atoms with Gasteiger partial charge in [-0.2, -0.15) is 4.37 Å². The number of hydrogen-bond donors (Lipinski definition) is 1. The fourth-order valence-corrected chi connectivity index (χ4v) is 3.50. The van der Waals surface area contributed by atoms with E-state index in [0.29, 0.717) is 13.1 Å². The first kappa shape index (κ1) is 16.9. The molecule has 1 N–H and O–H groups in total. The second-order valence-electron chi connectivity index (χ2n) is 5.82. The van der Waals surface area contributed by atoms with Gasteiger partial charge in [-0.1, -0.05) is 6.92 Å². The van der Waals surface area contributed by atoms with Crippen LogP contribution in [-0.2, 0) is 17.8 Å². The van der Waals surface area contributed by atoms with Crippen LogP contribution in [0.15, 0.2) is 22.8 Å². The van der Waals surface area contributed by atoms with Gasteiger partial charge in [0.05, 0.1) is 19.4 Å². The number of anilines is 1. The summed E-state index contributed by atoms with van der Waals surface area (Å²) in [6, 6.07) is 3.68. The molecule has 3 heterocycles. The third-order valence-corrected chi connectivity index (χ3v) is 4.85. The molecule has 24 heavy (non-hydrogen) atoms. The molecule has 7 nitrogen and oxygen atoms in total. The first-order chi connectivity index (χ1) is 11.7. The second-order valence-corrected chi connectivity index (χ2v) is 6.55. The molecule has 1 amide bonds. The SMILES string of the molecule is CCc1nsc(N2CCCN(CC(=O)NCc3ccco3)CC2)n1. The minimum Gasteiger partial charge on any atom is -0.467 e. The molecule has 2 aromatic rings. The van der Waals surface area contributed by atoms with Crippen LogP contribution in [0, 0.1) is 0 Å². The molecule has 0 saturated carbocycles. The zero-order chi connectivity index (χ0) is 16.8. The minimum atomic E-state index is 0.0315. The number of carbonyl (C=O) groups excluding carboxylic acids is 1. The van der Waals surface area contributed by atoms with E-state index in [1.54, 1.807) is 6.26 Å². The number of amides is 1. The molecule has 1 saturated heterocycles. The lowest BCUT2D eigenvalue weighted by atomic mass is 10.3. The predicted molar refractivity (Wildman–Crippen MR) is 93.1 cm³/mol. The summed E-state index contributed by atoms with van der Waals surface area (Å²) in [5.74, 6) is 1.71. The van der Waals surface area contributed by atoms with Crippen molar-refractivity contribution in [2.75, 3.05) is 37.6 Å². The van der Waals surface area contributed by atoms with Crippen molar-refractivity contribution in [2.24, 2.45) is 0 Å². The molecule has 1 fully saturated rings. The Balaban J connectivity index is 1.45. The average Bonchev–Trinajstić information content (AvgIpc) is 3.22. The maximum atomic E-state index is 12.1. The molecular formula is C16H23N5O2S. The van der Waals surface area contributed by atoms with Gasteiger partial charge in [-0.25, -0.2) is 4.98 Å². The van der Waals surface area contributed by atoms with Crippen LogP contribution >= 0.6 is 11.5 Å². The summed E-state index contributed by atoms with van der Waals surface area (Å²) < 4.78 is 9.58. The summed E-state index contributed by atoms with van der Waals surface area (Å²) in [5, 5.41) is 3.89. The molecule has 0 atom stereocenters. The molecule has 130 valence electrons. The molecule has 0 radical (unpaired) electrons. The monoisotopic (exact) mass is 349 g/mol. The Labute approximate surface area is 145 Å². The topological polar surface area (TPSA) is 74.5 Å². The van der Waals surface area contributed by atoms with Crippen molar-refractivity contribution in [1.29, 1.82) is 0 Å². The first-order valence-corrected chi connectivity index (χ1v) is 9.11. The van der Waals surface area contributed by atoms with Crippen molar-refractivity contribution >= 4 is 22.6 Å². The Bertz CT molecular complexity index is 643. The van der Waals surface area contributed by atoms with Gasteiger partial charge < -0.3 is 14.6 Å². The number of furan rings is 1. The van der Waals surface area contributed by atoms with Crippen molar-refractivity contribution in [3.63, 3.8) is 0 Å². The van der Waals surface area contributed by atoms with Gasteiger partial charge in [0, 0.05) is 44.1 Å². The molecular weight excluding hydrogens is 326 g/mol. The molecule has 1 aliphatic rings. The maximum Gasteiger partial charge on any atom is 0.234 e. The van der Waals surface area contributed by atoms with Crippen LogP contribution in [0.3, 0.4) is 0 Å². The van der Waals surface area contributed by atoms with E-state index in [0.717, 1.165) is 55.7 Å². The van der Waals surface area contributed by atoms with Gasteiger partial charge in [-0.3, -0.25) is 9.69 Å². The average molecular weight is 349 g/mol. The smallest absolute Gasteiger partial charge is 0.234 e. The van der Waals surface area contributed by atoms with Crippen molar-refractivity contribution in [2.45, 2.75) is 26.3 Å². The van der Waals surface area contributed by atoms with E-state index in [1.807, 2.05) is 12.1 Å². The number of nitrogens with one attached hydrogen (secondary N) is 1. The Kier molecular flexibility index (Phi) is 5.81.